The van der Waals surface area contributed by atoms with Gasteiger partial charge < -0.3 is 14.1 Å². The monoisotopic (exact) mass is 339 g/mol. The number of morpholine rings is 1. The van der Waals surface area contributed by atoms with Gasteiger partial charge in [-0.25, -0.2) is 4.68 Å². The summed E-state index contributed by atoms with van der Waals surface area (Å²) >= 11 is 0. The van der Waals surface area contributed by atoms with Crippen LogP contribution in [0.2, 0.25) is 0 Å². The summed E-state index contributed by atoms with van der Waals surface area (Å²) in [5.74, 6) is 1.48. The fourth-order valence-corrected chi connectivity index (χ4v) is 2.94. The minimum absolute atomic E-state index is 0.0720. The van der Waals surface area contributed by atoms with E-state index in [2.05, 4.69) is 15.5 Å². The van der Waals surface area contributed by atoms with Crippen LogP contribution in [-0.4, -0.2) is 50.8 Å². The van der Waals surface area contributed by atoms with Crippen molar-refractivity contribution in [3.8, 4) is 5.69 Å². The molecule has 2 aromatic heterocycles. The molecule has 0 unspecified atom stereocenters. The Hall–Kier alpha value is -3.00. The molecule has 0 N–H and O–H groups in total. The van der Waals surface area contributed by atoms with Crippen LogP contribution in [0.3, 0.4) is 0 Å². The van der Waals surface area contributed by atoms with E-state index in [-0.39, 0.29) is 11.9 Å². The third-order valence-electron chi connectivity index (χ3n) is 4.19. The van der Waals surface area contributed by atoms with Crippen molar-refractivity contribution >= 4 is 5.91 Å². The minimum Gasteiger partial charge on any atom is -0.464 e. The van der Waals surface area contributed by atoms with Crippen molar-refractivity contribution in [2.45, 2.75) is 13.0 Å². The Morgan fingerprint density at radius 2 is 2.20 bits per heavy atom. The largest absolute Gasteiger partial charge is 0.464 e. The maximum atomic E-state index is 13.1. The molecule has 3 aromatic rings. The van der Waals surface area contributed by atoms with Gasteiger partial charge in [-0.05, 0) is 47.7 Å². The molecule has 0 saturated carbocycles. The SMILES string of the molecule is Cc1ccc([C@@H]2COCCN2C(=O)c2cccc(-n3cnnn3)c2)o1. The number of furan rings is 1. The third kappa shape index (κ3) is 3.03. The van der Waals surface area contributed by atoms with E-state index in [4.69, 9.17) is 9.15 Å². The summed E-state index contributed by atoms with van der Waals surface area (Å²) in [6.45, 7) is 3.33. The Morgan fingerprint density at radius 1 is 1.28 bits per heavy atom. The van der Waals surface area contributed by atoms with Crippen LogP contribution in [0.4, 0.5) is 0 Å². The van der Waals surface area contributed by atoms with Gasteiger partial charge in [0.15, 0.2) is 0 Å². The second kappa shape index (κ2) is 6.48. The van der Waals surface area contributed by atoms with Gasteiger partial charge in [-0.1, -0.05) is 6.07 Å². The van der Waals surface area contributed by atoms with Gasteiger partial charge in [0.05, 0.1) is 18.9 Å². The van der Waals surface area contributed by atoms with Crippen LogP contribution in [0.25, 0.3) is 5.69 Å². The Bertz CT molecular complexity index is 874. The van der Waals surface area contributed by atoms with Crippen LogP contribution in [0.1, 0.15) is 27.9 Å². The Balaban J connectivity index is 1.63. The summed E-state index contributed by atoms with van der Waals surface area (Å²) < 4.78 is 12.8. The molecular formula is C17H17N5O3. The predicted molar refractivity (Wildman–Crippen MR) is 87.2 cm³/mol. The highest BCUT2D eigenvalue weighted by Crippen LogP contribution is 2.27. The molecule has 1 aromatic carbocycles. The van der Waals surface area contributed by atoms with Crippen LogP contribution in [0.15, 0.2) is 47.1 Å². The number of ether oxygens (including phenoxy) is 1. The minimum atomic E-state index is -0.230. The zero-order chi connectivity index (χ0) is 17.2. The van der Waals surface area contributed by atoms with Gasteiger partial charge in [-0.3, -0.25) is 4.79 Å². The first-order chi connectivity index (χ1) is 12.2. The number of benzene rings is 1. The molecule has 0 spiro atoms. The normalized spacial score (nSPS) is 17.6. The Labute approximate surface area is 144 Å². The highest BCUT2D eigenvalue weighted by atomic mass is 16.5. The molecule has 0 bridgehead atoms. The molecule has 128 valence electrons. The fourth-order valence-electron chi connectivity index (χ4n) is 2.94. The van der Waals surface area contributed by atoms with E-state index < -0.39 is 0 Å². The Kier molecular flexibility index (Phi) is 4.02. The second-order valence-electron chi connectivity index (χ2n) is 5.84. The zero-order valence-electron chi connectivity index (χ0n) is 13.7. The van der Waals surface area contributed by atoms with Crippen molar-refractivity contribution in [3.05, 3.63) is 59.8 Å². The third-order valence-corrected chi connectivity index (χ3v) is 4.19. The first kappa shape index (κ1) is 15.5. The number of hydrogen-bond donors (Lipinski definition) is 0. The summed E-state index contributed by atoms with van der Waals surface area (Å²) in [5, 5.41) is 11.1. The highest BCUT2D eigenvalue weighted by Gasteiger charge is 2.31. The van der Waals surface area contributed by atoms with Gasteiger partial charge in [-0.15, -0.1) is 5.10 Å². The maximum Gasteiger partial charge on any atom is 0.254 e. The van der Waals surface area contributed by atoms with Crippen molar-refractivity contribution in [2.75, 3.05) is 19.8 Å². The maximum absolute atomic E-state index is 13.1. The quantitative estimate of drug-likeness (QED) is 0.723. The molecule has 1 aliphatic rings. The molecule has 25 heavy (non-hydrogen) atoms. The van der Waals surface area contributed by atoms with Crippen molar-refractivity contribution in [2.24, 2.45) is 0 Å². The number of hydrogen-bond acceptors (Lipinski definition) is 6. The summed E-state index contributed by atoms with van der Waals surface area (Å²) in [4.78, 5) is 14.9. The van der Waals surface area contributed by atoms with E-state index in [1.54, 1.807) is 17.0 Å². The number of nitrogens with zero attached hydrogens (tertiary/aromatic N) is 5. The van der Waals surface area contributed by atoms with Gasteiger partial charge >= 0.3 is 0 Å². The standard InChI is InChI=1S/C17H17N5O3/c1-12-5-6-16(25-12)15-10-24-8-7-21(15)17(23)13-3-2-4-14(9-13)22-11-18-19-20-22/h2-6,9,11,15H,7-8,10H2,1H3/t15-/m0/s1. The molecule has 1 aliphatic heterocycles. The van der Waals surface area contributed by atoms with Gasteiger partial charge in [0.1, 0.15) is 23.9 Å². The van der Waals surface area contributed by atoms with Gasteiger partial charge in [0, 0.05) is 12.1 Å². The number of aryl methyl sites for hydroxylation is 1. The van der Waals surface area contributed by atoms with E-state index in [0.29, 0.717) is 25.3 Å². The lowest BCUT2D eigenvalue weighted by Gasteiger charge is -2.34. The van der Waals surface area contributed by atoms with Crippen molar-refractivity contribution < 1.29 is 13.9 Å². The number of carbonyl (C=O) groups excluding carboxylic acids is 1. The lowest BCUT2D eigenvalue weighted by atomic mass is 10.1. The summed E-state index contributed by atoms with van der Waals surface area (Å²) in [6, 6.07) is 10.8. The van der Waals surface area contributed by atoms with Gasteiger partial charge in [-0.2, -0.15) is 0 Å². The molecule has 1 fully saturated rings. The summed E-state index contributed by atoms with van der Waals surface area (Å²) in [5.41, 5.74) is 1.30. The predicted octanol–water partition coefficient (Wildman–Crippen LogP) is 1.78. The lowest BCUT2D eigenvalue weighted by molar-refractivity contribution is -0.00895. The van der Waals surface area contributed by atoms with E-state index in [1.807, 2.05) is 31.2 Å². The van der Waals surface area contributed by atoms with Gasteiger partial charge in [0.2, 0.25) is 0 Å². The van der Waals surface area contributed by atoms with Gasteiger partial charge in [0.25, 0.3) is 5.91 Å². The molecule has 0 radical (unpaired) electrons. The number of tetrazole rings is 1. The molecule has 1 atom stereocenters. The van der Waals surface area contributed by atoms with Crippen molar-refractivity contribution in [1.29, 1.82) is 0 Å². The molecule has 3 heterocycles. The molecule has 0 aliphatic carbocycles. The average Bonchev–Trinajstić information content (AvgIpc) is 3.33. The van der Waals surface area contributed by atoms with E-state index in [1.165, 1.54) is 11.0 Å². The van der Waals surface area contributed by atoms with Crippen LogP contribution >= 0.6 is 0 Å². The molecule has 1 amide bonds. The number of amides is 1. The topological polar surface area (TPSA) is 86.3 Å². The summed E-state index contributed by atoms with van der Waals surface area (Å²) in [6.07, 6.45) is 1.49. The first-order valence-corrected chi connectivity index (χ1v) is 8.01. The van der Waals surface area contributed by atoms with E-state index in [9.17, 15) is 4.79 Å². The fraction of sp³-hybridized carbons (Fsp3) is 0.294. The smallest absolute Gasteiger partial charge is 0.254 e. The number of carbonyl (C=O) groups is 1. The van der Waals surface area contributed by atoms with Crippen LogP contribution < -0.4 is 0 Å². The highest BCUT2D eigenvalue weighted by molar-refractivity contribution is 5.95. The zero-order valence-corrected chi connectivity index (χ0v) is 13.7. The molecule has 4 rings (SSSR count). The molecule has 8 nitrogen and oxygen atoms in total. The second-order valence-corrected chi connectivity index (χ2v) is 5.84. The van der Waals surface area contributed by atoms with Crippen molar-refractivity contribution in [3.63, 3.8) is 0 Å². The first-order valence-electron chi connectivity index (χ1n) is 8.01. The van der Waals surface area contributed by atoms with Crippen molar-refractivity contribution in [1.82, 2.24) is 25.1 Å². The summed E-state index contributed by atoms with van der Waals surface area (Å²) in [7, 11) is 0. The van der Waals surface area contributed by atoms with Crippen LogP contribution in [0.5, 0.6) is 0 Å². The van der Waals surface area contributed by atoms with Crippen LogP contribution in [0, 0.1) is 6.92 Å². The Morgan fingerprint density at radius 3 is 2.96 bits per heavy atom. The number of aromatic nitrogens is 4. The number of rotatable bonds is 3. The van der Waals surface area contributed by atoms with E-state index >= 15 is 0 Å². The molecule has 8 heteroatoms. The molecular weight excluding hydrogens is 322 g/mol. The lowest BCUT2D eigenvalue weighted by Crippen LogP contribution is -2.43. The average molecular weight is 339 g/mol. The molecule has 1 saturated heterocycles. The van der Waals surface area contributed by atoms with E-state index in [0.717, 1.165) is 17.2 Å². The van der Waals surface area contributed by atoms with Crippen LogP contribution in [-0.2, 0) is 4.74 Å².